The molecule has 0 aliphatic heterocycles. The predicted octanol–water partition coefficient (Wildman–Crippen LogP) is 3.52. The van der Waals surface area contributed by atoms with E-state index in [0.29, 0.717) is 28.6 Å². The standard InChI is InChI=1S/C22H22N2O6S/c1-28-18-12-19(29-2)14-20(13-18)30-15-22(25)23-16-8-10-21(11-9-16)31(26,27)24-17-6-4-3-5-7-17/h3-14,24H,15H2,1-2H3,(H,23,25). The van der Waals surface area contributed by atoms with Crippen LogP contribution in [0, 0.1) is 0 Å². The number of hydrogen-bond donors (Lipinski definition) is 2. The average molecular weight is 442 g/mol. The molecule has 8 nitrogen and oxygen atoms in total. The minimum absolute atomic E-state index is 0.0778. The van der Waals surface area contributed by atoms with E-state index in [4.69, 9.17) is 14.2 Å². The Kier molecular flexibility index (Phi) is 6.99. The maximum absolute atomic E-state index is 12.5. The first-order chi connectivity index (χ1) is 14.9. The molecule has 0 fully saturated rings. The Morgan fingerprint density at radius 3 is 1.97 bits per heavy atom. The second kappa shape index (κ2) is 9.86. The molecule has 3 aromatic rings. The summed E-state index contributed by atoms with van der Waals surface area (Å²) in [5, 5.41) is 2.66. The van der Waals surface area contributed by atoms with E-state index in [1.165, 1.54) is 38.5 Å². The molecule has 3 rings (SSSR count). The van der Waals surface area contributed by atoms with Gasteiger partial charge >= 0.3 is 0 Å². The van der Waals surface area contributed by atoms with E-state index < -0.39 is 15.9 Å². The third-order valence-electron chi connectivity index (χ3n) is 4.17. The first kappa shape index (κ1) is 22.0. The van der Waals surface area contributed by atoms with Gasteiger partial charge in [0.1, 0.15) is 17.2 Å². The van der Waals surface area contributed by atoms with Crippen LogP contribution in [0.3, 0.4) is 0 Å². The summed E-state index contributed by atoms with van der Waals surface area (Å²) in [4.78, 5) is 12.3. The molecule has 2 N–H and O–H groups in total. The molecular formula is C22H22N2O6S. The average Bonchev–Trinajstić information content (AvgIpc) is 2.78. The first-order valence-corrected chi connectivity index (χ1v) is 10.7. The van der Waals surface area contributed by atoms with E-state index in [1.54, 1.807) is 48.5 Å². The van der Waals surface area contributed by atoms with Crippen LogP contribution in [0.25, 0.3) is 0 Å². The number of rotatable bonds is 9. The molecule has 0 saturated heterocycles. The molecule has 31 heavy (non-hydrogen) atoms. The number of methoxy groups -OCH3 is 2. The van der Waals surface area contributed by atoms with Gasteiger partial charge in [0.15, 0.2) is 6.61 Å². The van der Waals surface area contributed by atoms with Crippen LogP contribution in [0.1, 0.15) is 0 Å². The zero-order valence-corrected chi connectivity index (χ0v) is 17.8. The van der Waals surface area contributed by atoms with Gasteiger partial charge in [-0.1, -0.05) is 18.2 Å². The van der Waals surface area contributed by atoms with Gasteiger partial charge in [-0.05, 0) is 36.4 Å². The number of para-hydroxylation sites is 1. The molecule has 9 heteroatoms. The fourth-order valence-electron chi connectivity index (χ4n) is 2.65. The lowest BCUT2D eigenvalue weighted by molar-refractivity contribution is -0.118. The van der Waals surface area contributed by atoms with Gasteiger partial charge in [0, 0.05) is 29.6 Å². The molecule has 0 aromatic heterocycles. The van der Waals surface area contributed by atoms with E-state index in [1.807, 2.05) is 0 Å². The number of benzene rings is 3. The van der Waals surface area contributed by atoms with Crippen molar-refractivity contribution in [3.8, 4) is 17.2 Å². The predicted molar refractivity (Wildman–Crippen MR) is 117 cm³/mol. The summed E-state index contributed by atoms with van der Waals surface area (Å²) in [5.41, 5.74) is 0.904. The van der Waals surface area contributed by atoms with Crippen molar-refractivity contribution in [2.45, 2.75) is 4.90 Å². The van der Waals surface area contributed by atoms with E-state index in [-0.39, 0.29) is 11.5 Å². The van der Waals surface area contributed by atoms with E-state index >= 15 is 0 Å². The molecule has 0 spiro atoms. The van der Waals surface area contributed by atoms with Crippen molar-refractivity contribution in [2.24, 2.45) is 0 Å². The highest BCUT2D eigenvalue weighted by Gasteiger charge is 2.14. The SMILES string of the molecule is COc1cc(OC)cc(OCC(=O)Nc2ccc(S(=O)(=O)Nc3ccccc3)cc2)c1. The second-order valence-electron chi connectivity index (χ2n) is 6.38. The molecular weight excluding hydrogens is 420 g/mol. The van der Waals surface area contributed by atoms with Crippen LogP contribution in [-0.2, 0) is 14.8 Å². The van der Waals surface area contributed by atoms with Gasteiger partial charge in [0.05, 0.1) is 19.1 Å². The summed E-state index contributed by atoms with van der Waals surface area (Å²) in [7, 11) is -0.693. The molecule has 162 valence electrons. The number of ether oxygens (including phenoxy) is 3. The number of nitrogens with one attached hydrogen (secondary N) is 2. The Labute approximate surface area is 180 Å². The fourth-order valence-corrected chi connectivity index (χ4v) is 3.71. The summed E-state index contributed by atoms with van der Waals surface area (Å²) < 4.78 is 43.2. The molecule has 3 aromatic carbocycles. The second-order valence-corrected chi connectivity index (χ2v) is 8.06. The lowest BCUT2D eigenvalue weighted by Crippen LogP contribution is -2.20. The lowest BCUT2D eigenvalue weighted by Gasteiger charge is -2.11. The first-order valence-electron chi connectivity index (χ1n) is 9.23. The summed E-state index contributed by atoms with van der Waals surface area (Å²) in [6, 6.07) is 19.4. The van der Waals surface area contributed by atoms with Gasteiger partial charge < -0.3 is 19.5 Å². The highest BCUT2D eigenvalue weighted by Crippen LogP contribution is 2.27. The summed E-state index contributed by atoms with van der Waals surface area (Å²) in [6.07, 6.45) is 0. The minimum Gasteiger partial charge on any atom is -0.496 e. The van der Waals surface area contributed by atoms with Gasteiger partial charge in [-0.25, -0.2) is 8.42 Å². The third-order valence-corrected chi connectivity index (χ3v) is 5.57. The van der Waals surface area contributed by atoms with Crippen LogP contribution in [0.2, 0.25) is 0 Å². The van der Waals surface area contributed by atoms with Crippen molar-refractivity contribution < 1.29 is 27.4 Å². The summed E-state index contributed by atoms with van der Waals surface area (Å²) in [5.74, 6) is 1.09. The van der Waals surface area contributed by atoms with E-state index in [0.717, 1.165) is 0 Å². The molecule has 0 aliphatic rings. The number of hydrogen-bond acceptors (Lipinski definition) is 6. The number of amides is 1. The molecule has 0 heterocycles. The van der Waals surface area contributed by atoms with Gasteiger partial charge in [-0.3, -0.25) is 9.52 Å². The zero-order valence-electron chi connectivity index (χ0n) is 17.0. The largest absolute Gasteiger partial charge is 0.496 e. The summed E-state index contributed by atoms with van der Waals surface area (Å²) >= 11 is 0. The quantitative estimate of drug-likeness (QED) is 0.526. The fraction of sp³-hybridized carbons (Fsp3) is 0.136. The van der Waals surface area contributed by atoms with Crippen molar-refractivity contribution >= 4 is 27.3 Å². The molecule has 0 saturated carbocycles. The number of carbonyl (C=O) groups excluding carboxylic acids is 1. The molecule has 0 unspecified atom stereocenters. The monoisotopic (exact) mass is 442 g/mol. The highest BCUT2D eigenvalue weighted by atomic mass is 32.2. The Morgan fingerprint density at radius 1 is 0.806 bits per heavy atom. The highest BCUT2D eigenvalue weighted by molar-refractivity contribution is 7.92. The normalized spacial score (nSPS) is 10.8. The minimum atomic E-state index is -3.73. The van der Waals surface area contributed by atoms with Crippen molar-refractivity contribution in [2.75, 3.05) is 30.9 Å². The molecule has 0 aliphatic carbocycles. The van der Waals surface area contributed by atoms with Gasteiger partial charge in [0.2, 0.25) is 0 Å². The third kappa shape index (κ3) is 6.13. The number of anilines is 2. The van der Waals surface area contributed by atoms with E-state index in [9.17, 15) is 13.2 Å². The topological polar surface area (TPSA) is 103 Å². The Hall–Kier alpha value is -3.72. The smallest absolute Gasteiger partial charge is 0.262 e. The number of sulfonamides is 1. The molecule has 0 radical (unpaired) electrons. The molecule has 0 bridgehead atoms. The van der Waals surface area contributed by atoms with Crippen molar-refractivity contribution in [1.29, 1.82) is 0 Å². The molecule has 0 atom stereocenters. The van der Waals surface area contributed by atoms with Crippen LogP contribution >= 0.6 is 0 Å². The maximum atomic E-state index is 12.5. The van der Waals surface area contributed by atoms with Crippen molar-refractivity contribution in [3.05, 3.63) is 72.8 Å². The Bertz CT molecular complexity index is 1110. The van der Waals surface area contributed by atoms with Crippen LogP contribution in [0.15, 0.2) is 77.7 Å². The van der Waals surface area contributed by atoms with Gasteiger partial charge in [0.25, 0.3) is 15.9 Å². The van der Waals surface area contributed by atoms with Crippen LogP contribution in [0.5, 0.6) is 17.2 Å². The van der Waals surface area contributed by atoms with Crippen LogP contribution in [0.4, 0.5) is 11.4 Å². The lowest BCUT2D eigenvalue weighted by atomic mass is 10.3. The van der Waals surface area contributed by atoms with Gasteiger partial charge in [-0.2, -0.15) is 0 Å². The van der Waals surface area contributed by atoms with E-state index in [2.05, 4.69) is 10.0 Å². The zero-order chi connectivity index (χ0) is 22.3. The van der Waals surface area contributed by atoms with Crippen molar-refractivity contribution in [1.82, 2.24) is 0 Å². The summed E-state index contributed by atoms with van der Waals surface area (Å²) in [6.45, 7) is -0.244. The Morgan fingerprint density at radius 2 is 1.39 bits per heavy atom. The molecule has 1 amide bonds. The Balaban J connectivity index is 1.59. The van der Waals surface area contributed by atoms with Crippen molar-refractivity contribution in [3.63, 3.8) is 0 Å². The van der Waals surface area contributed by atoms with Crippen LogP contribution in [-0.4, -0.2) is 35.2 Å². The maximum Gasteiger partial charge on any atom is 0.262 e. The van der Waals surface area contributed by atoms with Gasteiger partial charge in [-0.15, -0.1) is 0 Å². The number of carbonyl (C=O) groups is 1. The van der Waals surface area contributed by atoms with Crippen LogP contribution < -0.4 is 24.2 Å².